The molecule has 4 N–H and O–H groups in total. The topological polar surface area (TPSA) is 81.6 Å². The van der Waals surface area contributed by atoms with Crippen molar-refractivity contribution in [2.45, 2.75) is 31.1 Å². The zero-order valence-electron chi connectivity index (χ0n) is 13.5. The highest BCUT2D eigenvalue weighted by Gasteiger charge is 2.44. The van der Waals surface area contributed by atoms with Crippen molar-refractivity contribution in [1.29, 1.82) is 0 Å². The summed E-state index contributed by atoms with van der Waals surface area (Å²) in [5.41, 5.74) is 0.000520. The number of carbonyl (C=O) groups is 1. The Morgan fingerprint density at radius 2 is 1.77 bits per heavy atom. The van der Waals surface area contributed by atoms with Gasteiger partial charge in [0.05, 0.1) is 5.56 Å². The fourth-order valence-corrected chi connectivity index (χ4v) is 2.94. The minimum absolute atomic E-state index is 0.0598. The average molecular weight is 366 g/mol. The Bertz CT molecular complexity index is 803. The summed E-state index contributed by atoms with van der Waals surface area (Å²) >= 11 is 0. The Labute approximate surface area is 147 Å². The molecule has 0 unspecified atom stereocenters. The Morgan fingerprint density at radius 1 is 1.12 bits per heavy atom. The third-order valence-electron chi connectivity index (χ3n) is 4.19. The van der Waals surface area contributed by atoms with Crippen LogP contribution in [0.5, 0.6) is 11.5 Å². The molecule has 138 valence electrons. The zero-order valence-corrected chi connectivity index (χ0v) is 13.5. The standard InChI is InChI=1S/C18H17F3N2O3/c19-18(20,21)15-4-2-1-3-13(15)14-8-16(14)23-17(26)22-9-10-5-11(24)7-12(25)6-10/h1-7,14,16,24-25H,8-9H2,(H2,22,23,26)/t14-,16+/m0/s1. The number of phenols is 2. The summed E-state index contributed by atoms with van der Waals surface area (Å²) in [6.45, 7) is 0.0598. The maximum atomic E-state index is 13.1. The van der Waals surface area contributed by atoms with Gasteiger partial charge in [-0.1, -0.05) is 18.2 Å². The first-order chi connectivity index (χ1) is 12.2. The molecule has 2 atom stereocenters. The van der Waals surface area contributed by atoms with Gasteiger partial charge in [-0.25, -0.2) is 4.79 Å². The molecular formula is C18H17F3N2O3. The summed E-state index contributed by atoms with van der Waals surface area (Å²) < 4.78 is 39.2. The van der Waals surface area contributed by atoms with Gasteiger partial charge in [-0.05, 0) is 35.7 Å². The molecular weight excluding hydrogens is 349 g/mol. The molecule has 2 aromatic rings. The lowest BCUT2D eigenvalue weighted by atomic mass is 10.0. The molecule has 0 aliphatic heterocycles. The van der Waals surface area contributed by atoms with Gasteiger partial charge in [0.2, 0.25) is 0 Å². The van der Waals surface area contributed by atoms with Gasteiger partial charge in [-0.2, -0.15) is 13.2 Å². The third kappa shape index (κ3) is 4.19. The predicted octanol–water partition coefficient (Wildman–Crippen LogP) is 3.47. The monoisotopic (exact) mass is 366 g/mol. The molecule has 3 rings (SSSR count). The van der Waals surface area contributed by atoms with E-state index in [9.17, 15) is 28.2 Å². The van der Waals surface area contributed by atoms with Crippen molar-refractivity contribution in [3.05, 3.63) is 59.2 Å². The number of aromatic hydroxyl groups is 2. The highest BCUT2D eigenvalue weighted by Crippen LogP contribution is 2.46. The molecule has 0 radical (unpaired) electrons. The number of nitrogens with one attached hydrogen (secondary N) is 2. The van der Waals surface area contributed by atoms with E-state index in [2.05, 4.69) is 10.6 Å². The summed E-state index contributed by atoms with van der Waals surface area (Å²) in [4.78, 5) is 11.9. The van der Waals surface area contributed by atoms with Crippen molar-refractivity contribution in [3.63, 3.8) is 0 Å². The predicted molar refractivity (Wildman–Crippen MR) is 87.7 cm³/mol. The fraction of sp³-hybridized carbons (Fsp3) is 0.278. The first-order valence-corrected chi connectivity index (χ1v) is 7.96. The normalized spacial score (nSPS) is 19.0. The van der Waals surface area contributed by atoms with Crippen LogP contribution in [0.3, 0.4) is 0 Å². The van der Waals surface area contributed by atoms with Crippen LogP contribution in [0.2, 0.25) is 0 Å². The maximum absolute atomic E-state index is 13.1. The first-order valence-electron chi connectivity index (χ1n) is 7.96. The quantitative estimate of drug-likeness (QED) is 0.669. The highest BCUT2D eigenvalue weighted by atomic mass is 19.4. The van der Waals surface area contributed by atoms with E-state index in [1.54, 1.807) is 6.07 Å². The van der Waals surface area contributed by atoms with Gasteiger partial charge in [0.25, 0.3) is 0 Å². The van der Waals surface area contributed by atoms with Crippen molar-refractivity contribution >= 4 is 6.03 Å². The molecule has 1 aliphatic carbocycles. The molecule has 2 aromatic carbocycles. The molecule has 1 saturated carbocycles. The minimum atomic E-state index is -4.43. The van der Waals surface area contributed by atoms with Crippen molar-refractivity contribution in [1.82, 2.24) is 10.6 Å². The summed E-state index contributed by atoms with van der Waals surface area (Å²) in [5, 5.41) is 24.0. The number of rotatable bonds is 4. The Morgan fingerprint density at radius 3 is 2.42 bits per heavy atom. The van der Waals surface area contributed by atoms with Crippen molar-refractivity contribution in [2.24, 2.45) is 0 Å². The maximum Gasteiger partial charge on any atom is 0.416 e. The van der Waals surface area contributed by atoms with E-state index in [1.807, 2.05) is 0 Å². The van der Waals surface area contributed by atoms with Gasteiger partial charge in [-0.3, -0.25) is 0 Å². The number of halogens is 3. The molecule has 1 aliphatic rings. The summed E-state index contributed by atoms with van der Waals surface area (Å²) in [7, 11) is 0. The number of hydrogen-bond acceptors (Lipinski definition) is 3. The lowest BCUT2D eigenvalue weighted by Gasteiger charge is -2.13. The summed E-state index contributed by atoms with van der Waals surface area (Å²) in [5.74, 6) is -0.634. The van der Waals surface area contributed by atoms with Crippen LogP contribution in [-0.4, -0.2) is 22.3 Å². The largest absolute Gasteiger partial charge is 0.508 e. The van der Waals surface area contributed by atoms with E-state index in [4.69, 9.17) is 0 Å². The zero-order chi connectivity index (χ0) is 18.9. The lowest BCUT2D eigenvalue weighted by Crippen LogP contribution is -2.37. The molecule has 0 heterocycles. The molecule has 2 amide bonds. The van der Waals surface area contributed by atoms with E-state index >= 15 is 0 Å². The van der Waals surface area contributed by atoms with Gasteiger partial charge in [0, 0.05) is 24.6 Å². The van der Waals surface area contributed by atoms with Gasteiger partial charge >= 0.3 is 12.2 Å². The van der Waals surface area contributed by atoms with E-state index in [1.165, 1.54) is 24.3 Å². The van der Waals surface area contributed by atoms with Gasteiger partial charge in [-0.15, -0.1) is 0 Å². The Balaban J connectivity index is 1.56. The number of hydrogen-bond donors (Lipinski definition) is 4. The van der Waals surface area contributed by atoms with Crippen molar-refractivity contribution < 1.29 is 28.2 Å². The van der Waals surface area contributed by atoms with Crippen LogP contribution in [-0.2, 0) is 12.7 Å². The second-order valence-corrected chi connectivity index (χ2v) is 6.22. The summed E-state index contributed by atoms with van der Waals surface area (Å²) in [6, 6.07) is 8.42. The van der Waals surface area contributed by atoms with E-state index in [0.717, 1.165) is 12.1 Å². The molecule has 0 aromatic heterocycles. The molecule has 8 heteroatoms. The van der Waals surface area contributed by atoms with Crippen LogP contribution < -0.4 is 10.6 Å². The van der Waals surface area contributed by atoms with E-state index in [0.29, 0.717) is 12.0 Å². The number of amides is 2. The molecule has 0 spiro atoms. The molecule has 5 nitrogen and oxygen atoms in total. The lowest BCUT2D eigenvalue weighted by molar-refractivity contribution is -0.138. The van der Waals surface area contributed by atoms with Crippen LogP contribution >= 0.6 is 0 Å². The Kier molecular flexibility index (Phi) is 4.67. The van der Waals surface area contributed by atoms with Crippen LogP contribution in [0.4, 0.5) is 18.0 Å². The molecule has 0 saturated heterocycles. The van der Waals surface area contributed by atoms with Crippen LogP contribution in [0, 0.1) is 0 Å². The van der Waals surface area contributed by atoms with E-state index < -0.39 is 17.8 Å². The molecule has 26 heavy (non-hydrogen) atoms. The van der Waals surface area contributed by atoms with Crippen molar-refractivity contribution in [2.75, 3.05) is 0 Å². The smallest absolute Gasteiger partial charge is 0.416 e. The van der Waals surface area contributed by atoms with Crippen molar-refractivity contribution in [3.8, 4) is 11.5 Å². The van der Waals surface area contributed by atoms with Gasteiger partial charge in [0.1, 0.15) is 11.5 Å². The molecule has 0 bridgehead atoms. The number of urea groups is 1. The highest BCUT2D eigenvalue weighted by molar-refractivity contribution is 5.75. The minimum Gasteiger partial charge on any atom is -0.508 e. The first kappa shape index (κ1) is 17.9. The second-order valence-electron chi connectivity index (χ2n) is 6.22. The van der Waals surface area contributed by atoms with Crippen LogP contribution in [0.1, 0.15) is 29.0 Å². The van der Waals surface area contributed by atoms with Gasteiger partial charge in [0.15, 0.2) is 0 Å². The Hall–Kier alpha value is -2.90. The van der Waals surface area contributed by atoms with Gasteiger partial charge < -0.3 is 20.8 Å². The summed E-state index contributed by atoms with van der Waals surface area (Å²) in [6.07, 6.45) is -3.99. The number of carbonyl (C=O) groups excluding carboxylic acids is 1. The SMILES string of the molecule is O=C(NCc1cc(O)cc(O)c1)N[C@@H]1C[C@H]1c1ccccc1C(F)(F)F. The van der Waals surface area contributed by atoms with Crippen LogP contribution in [0.15, 0.2) is 42.5 Å². The molecule has 1 fully saturated rings. The number of benzene rings is 2. The third-order valence-corrected chi connectivity index (χ3v) is 4.19. The number of phenolic OH excluding ortho intramolecular Hbond substituents is 2. The number of alkyl halides is 3. The van der Waals surface area contributed by atoms with E-state index in [-0.39, 0.29) is 35.6 Å². The fourth-order valence-electron chi connectivity index (χ4n) is 2.94. The van der Waals surface area contributed by atoms with Crippen LogP contribution in [0.25, 0.3) is 0 Å². The average Bonchev–Trinajstić information content (AvgIpc) is 3.30. The second kappa shape index (κ2) is 6.78.